The van der Waals surface area contributed by atoms with E-state index in [0.29, 0.717) is 12.8 Å². The number of nitriles is 1. The fourth-order valence-corrected chi connectivity index (χ4v) is 1.69. The molecular weight excluding hydrogens is 188 g/mol. The van der Waals surface area contributed by atoms with Crippen LogP contribution in [0, 0.1) is 16.7 Å². The average molecular weight is 200 g/mol. The minimum Gasteiger partial charge on any atom is -0.325 e. The Balaban J connectivity index is 2.08. The highest BCUT2D eigenvalue weighted by Crippen LogP contribution is 2.41. The Hall–Kier alpha value is -1.82. The lowest BCUT2D eigenvalue weighted by molar-refractivity contribution is -0.126. The lowest BCUT2D eigenvalue weighted by Gasteiger charge is -2.33. The molecule has 0 aliphatic heterocycles. The van der Waals surface area contributed by atoms with Crippen LogP contribution in [0.1, 0.15) is 19.3 Å². The molecule has 1 aliphatic carbocycles. The van der Waals surface area contributed by atoms with Crippen molar-refractivity contribution in [2.24, 2.45) is 5.41 Å². The zero-order chi connectivity index (χ0) is 10.7. The predicted molar refractivity (Wildman–Crippen MR) is 57.0 cm³/mol. The second-order valence-corrected chi connectivity index (χ2v) is 3.87. The molecule has 0 atom stereocenters. The maximum Gasteiger partial charge on any atom is 0.244 e. The van der Waals surface area contributed by atoms with Crippen LogP contribution in [0.3, 0.4) is 0 Å². The van der Waals surface area contributed by atoms with E-state index in [-0.39, 0.29) is 5.91 Å². The lowest BCUT2D eigenvalue weighted by Crippen LogP contribution is -2.40. The summed E-state index contributed by atoms with van der Waals surface area (Å²) in [6.07, 6.45) is 2.33. The molecule has 1 amide bonds. The number of nitrogens with one attached hydrogen (secondary N) is 1. The van der Waals surface area contributed by atoms with Crippen molar-refractivity contribution in [3.05, 3.63) is 30.3 Å². The Kier molecular flexibility index (Phi) is 2.42. The Bertz CT molecular complexity index is 401. The van der Waals surface area contributed by atoms with E-state index < -0.39 is 5.41 Å². The summed E-state index contributed by atoms with van der Waals surface area (Å²) in [4.78, 5) is 11.8. The first-order chi connectivity index (χ1) is 7.27. The third-order valence-corrected chi connectivity index (χ3v) is 2.89. The van der Waals surface area contributed by atoms with Crippen LogP contribution in [0.15, 0.2) is 30.3 Å². The van der Waals surface area contributed by atoms with Crippen LogP contribution in [0.4, 0.5) is 5.69 Å². The molecule has 3 nitrogen and oxygen atoms in total. The number of hydrogen-bond donors (Lipinski definition) is 1. The van der Waals surface area contributed by atoms with Crippen LogP contribution in [-0.2, 0) is 4.79 Å². The number of para-hydroxylation sites is 1. The summed E-state index contributed by atoms with van der Waals surface area (Å²) in [5, 5.41) is 11.7. The van der Waals surface area contributed by atoms with Gasteiger partial charge in [-0.15, -0.1) is 0 Å². The first-order valence-corrected chi connectivity index (χ1v) is 5.05. The largest absolute Gasteiger partial charge is 0.325 e. The summed E-state index contributed by atoms with van der Waals surface area (Å²) in [5.74, 6) is -0.164. The summed E-state index contributed by atoms with van der Waals surface area (Å²) in [6, 6.07) is 11.4. The van der Waals surface area contributed by atoms with E-state index in [1.165, 1.54) is 0 Å². The third-order valence-electron chi connectivity index (χ3n) is 2.89. The first-order valence-electron chi connectivity index (χ1n) is 5.05. The van der Waals surface area contributed by atoms with Crippen LogP contribution >= 0.6 is 0 Å². The van der Waals surface area contributed by atoms with Gasteiger partial charge in [0.2, 0.25) is 5.91 Å². The SMILES string of the molecule is N#CC1(C(=O)Nc2ccccc2)CCC1. The summed E-state index contributed by atoms with van der Waals surface area (Å²) >= 11 is 0. The molecule has 0 saturated heterocycles. The highest BCUT2D eigenvalue weighted by Gasteiger charge is 2.44. The van der Waals surface area contributed by atoms with Gasteiger partial charge in [0.25, 0.3) is 0 Å². The number of nitrogens with zero attached hydrogens (tertiary/aromatic N) is 1. The van der Waals surface area contributed by atoms with Gasteiger partial charge < -0.3 is 5.32 Å². The molecule has 2 rings (SSSR count). The molecule has 1 aromatic carbocycles. The van der Waals surface area contributed by atoms with Crippen LogP contribution in [0.25, 0.3) is 0 Å². The Labute approximate surface area is 88.7 Å². The molecule has 1 aliphatic rings. The van der Waals surface area contributed by atoms with Gasteiger partial charge in [-0.3, -0.25) is 4.79 Å². The number of carbonyl (C=O) groups is 1. The van der Waals surface area contributed by atoms with E-state index in [0.717, 1.165) is 12.1 Å². The molecular formula is C12H12N2O. The van der Waals surface area contributed by atoms with Gasteiger partial charge in [-0.2, -0.15) is 5.26 Å². The van der Waals surface area contributed by atoms with Crippen molar-refractivity contribution in [2.45, 2.75) is 19.3 Å². The second kappa shape index (κ2) is 3.74. The smallest absolute Gasteiger partial charge is 0.244 e. The van der Waals surface area contributed by atoms with E-state index in [1.807, 2.05) is 30.3 Å². The minimum atomic E-state index is -0.768. The molecule has 1 fully saturated rings. The molecule has 0 heterocycles. The summed E-state index contributed by atoms with van der Waals surface area (Å²) < 4.78 is 0. The summed E-state index contributed by atoms with van der Waals surface area (Å²) in [6.45, 7) is 0. The summed E-state index contributed by atoms with van der Waals surface area (Å²) in [7, 11) is 0. The van der Waals surface area contributed by atoms with E-state index >= 15 is 0 Å². The minimum absolute atomic E-state index is 0.164. The number of rotatable bonds is 2. The molecule has 3 heteroatoms. The zero-order valence-corrected chi connectivity index (χ0v) is 8.36. The normalized spacial score (nSPS) is 17.3. The number of amides is 1. The van der Waals surface area contributed by atoms with Gasteiger partial charge in [-0.1, -0.05) is 18.2 Å². The zero-order valence-electron chi connectivity index (χ0n) is 8.36. The molecule has 0 aromatic heterocycles. The van der Waals surface area contributed by atoms with Gasteiger partial charge in [0.1, 0.15) is 5.41 Å². The van der Waals surface area contributed by atoms with Crippen molar-refractivity contribution < 1.29 is 4.79 Å². The maximum atomic E-state index is 11.8. The molecule has 1 N–H and O–H groups in total. The highest BCUT2D eigenvalue weighted by molar-refractivity contribution is 5.97. The maximum absolute atomic E-state index is 11.8. The quantitative estimate of drug-likeness (QED) is 0.796. The third kappa shape index (κ3) is 1.71. The Morgan fingerprint density at radius 2 is 2.00 bits per heavy atom. The van der Waals surface area contributed by atoms with Crippen molar-refractivity contribution in [3.8, 4) is 6.07 Å². The molecule has 1 aromatic rings. The van der Waals surface area contributed by atoms with Crippen molar-refractivity contribution in [1.82, 2.24) is 0 Å². The van der Waals surface area contributed by atoms with Gasteiger partial charge in [-0.25, -0.2) is 0 Å². The number of carbonyl (C=O) groups excluding carboxylic acids is 1. The van der Waals surface area contributed by atoms with Crippen LogP contribution in [0.5, 0.6) is 0 Å². The average Bonchev–Trinajstić information content (AvgIpc) is 2.18. The lowest BCUT2D eigenvalue weighted by atomic mass is 9.69. The van der Waals surface area contributed by atoms with Crippen LogP contribution in [0.2, 0.25) is 0 Å². The van der Waals surface area contributed by atoms with E-state index in [2.05, 4.69) is 11.4 Å². The fourth-order valence-electron chi connectivity index (χ4n) is 1.69. The van der Waals surface area contributed by atoms with Crippen molar-refractivity contribution in [3.63, 3.8) is 0 Å². The predicted octanol–water partition coefficient (Wildman–Crippen LogP) is 2.32. The van der Waals surface area contributed by atoms with Gasteiger partial charge in [-0.05, 0) is 31.4 Å². The number of hydrogen-bond acceptors (Lipinski definition) is 2. The molecule has 0 spiro atoms. The van der Waals surface area contributed by atoms with Crippen molar-refractivity contribution in [2.75, 3.05) is 5.32 Å². The number of benzene rings is 1. The topological polar surface area (TPSA) is 52.9 Å². The highest BCUT2D eigenvalue weighted by atomic mass is 16.2. The van der Waals surface area contributed by atoms with E-state index in [4.69, 9.17) is 5.26 Å². The standard InChI is InChI=1S/C12H12N2O/c13-9-12(7-4-8-12)11(15)14-10-5-2-1-3-6-10/h1-3,5-6H,4,7-8H2,(H,14,15). The molecule has 76 valence electrons. The van der Waals surface area contributed by atoms with Gasteiger partial charge in [0.05, 0.1) is 6.07 Å². The monoisotopic (exact) mass is 200 g/mol. The molecule has 0 radical (unpaired) electrons. The first kappa shape index (κ1) is 9.72. The Morgan fingerprint density at radius 1 is 1.33 bits per heavy atom. The van der Waals surface area contributed by atoms with Crippen molar-refractivity contribution >= 4 is 11.6 Å². The fraction of sp³-hybridized carbons (Fsp3) is 0.333. The number of anilines is 1. The van der Waals surface area contributed by atoms with Gasteiger partial charge in [0, 0.05) is 5.69 Å². The van der Waals surface area contributed by atoms with Crippen LogP contribution < -0.4 is 5.32 Å². The molecule has 0 bridgehead atoms. The van der Waals surface area contributed by atoms with Crippen LogP contribution in [-0.4, -0.2) is 5.91 Å². The molecule has 1 saturated carbocycles. The van der Waals surface area contributed by atoms with E-state index in [9.17, 15) is 4.79 Å². The summed E-state index contributed by atoms with van der Waals surface area (Å²) in [5.41, 5.74) is -0.0143. The second-order valence-electron chi connectivity index (χ2n) is 3.87. The van der Waals surface area contributed by atoms with E-state index in [1.54, 1.807) is 0 Å². The Morgan fingerprint density at radius 3 is 2.47 bits per heavy atom. The van der Waals surface area contributed by atoms with Gasteiger partial charge in [0.15, 0.2) is 0 Å². The van der Waals surface area contributed by atoms with Crippen molar-refractivity contribution in [1.29, 1.82) is 5.26 Å². The molecule has 15 heavy (non-hydrogen) atoms. The van der Waals surface area contributed by atoms with Gasteiger partial charge >= 0.3 is 0 Å². The molecule has 0 unspecified atom stereocenters.